The van der Waals surface area contributed by atoms with Crippen molar-refractivity contribution < 1.29 is 9.59 Å². The number of anilines is 1. The molecule has 194 valence electrons. The number of hydrogen-bond donors (Lipinski definition) is 2. The Bertz CT molecular complexity index is 1590. The van der Waals surface area contributed by atoms with Gasteiger partial charge in [-0.15, -0.1) is 5.10 Å². The zero-order chi connectivity index (χ0) is 26.9. The number of benzene rings is 2. The molecule has 2 heterocycles. The number of nitrogens with zero attached hydrogens (tertiary/aromatic N) is 4. The smallest absolute Gasteiger partial charge is 0.352 e. The minimum atomic E-state index is -0.578. The van der Waals surface area contributed by atoms with Crippen LogP contribution < -0.4 is 21.9 Å². The molecule has 0 unspecified atom stereocenters. The van der Waals surface area contributed by atoms with Gasteiger partial charge in [-0.3, -0.25) is 19.0 Å². The van der Waals surface area contributed by atoms with Crippen LogP contribution in [0.2, 0.25) is 0 Å². The summed E-state index contributed by atoms with van der Waals surface area (Å²) in [6.07, 6.45) is 0.886. The number of carbonyl (C=O) groups excluding carboxylic acids is 2. The molecular weight excluding hydrogens is 472 g/mol. The Kier molecular flexibility index (Phi) is 7.28. The average Bonchev–Trinajstić information content (AvgIpc) is 3.17. The van der Waals surface area contributed by atoms with E-state index in [1.807, 2.05) is 46.8 Å². The SMILES string of the molecule is CCc1ccc(NC(=O)Cn2nc3n(C(C)C)c(=O)c4ccc(C(=O)NCC(C)C)cc4n3c2=O)cc1. The van der Waals surface area contributed by atoms with Crippen molar-refractivity contribution in [3.63, 3.8) is 0 Å². The molecular formula is C27H32N6O4. The van der Waals surface area contributed by atoms with Crippen LogP contribution in [0, 0.1) is 5.92 Å². The number of carbonyl (C=O) groups is 2. The third-order valence-electron chi connectivity index (χ3n) is 6.11. The summed E-state index contributed by atoms with van der Waals surface area (Å²) in [5.41, 5.74) is 1.44. The number of hydrogen-bond acceptors (Lipinski definition) is 5. The monoisotopic (exact) mass is 504 g/mol. The van der Waals surface area contributed by atoms with Crippen LogP contribution in [0.4, 0.5) is 5.69 Å². The maximum Gasteiger partial charge on any atom is 0.352 e. The molecule has 2 N–H and O–H groups in total. The molecule has 2 aromatic heterocycles. The van der Waals surface area contributed by atoms with E-state index in [1.54, 1.807) is 24.3 Å². The van der Waals surface area contributed by atoms with Crippen molar-refractivity contribution in [1.82, 2.24) is 24.1 Å². The highest BCUT2D eigenvalue weighted by molar-refractivity contribution is 5.98. The van der Waals surface area contributed by atoms with Crippen molar-refractivity contribution in [3.05, 3.63) is 74.4 Å². The van der Waals surface area contributed by atoms with Gasteiger partial charge in [-0.2, -0.15) is 0 Å². The molecule has 0 aliphatic rings. The normalized spacial score (nSPS) is 11.5. The van der Waals surface area contributed by atoms with Gasteiger partial charge in [-0.05, 0) is 62.1 Å². The molecule has 0 aliphatic heterocycles. The van der Waals surface area contributed by atoms with Crippen LogP contribution in [0.1, 0.15) is 56.6 Å². The van der Waals surface area contributed by atoms with Crippen LogP contribution in [0.15, 0.2) is 52.1 Å². The summed E-state index contributed by atoms with van der Waals surface area (Å²) in [5.74, 6) is -0.347. The van der Waals surface area contributed by atoms with Gasteiger partial charge in [0.15, 0.2) is 0 Å². The maximum absolute atomic E-state index is 13.5. The Morgan fingerprint density at radius 2 is 1.70 bits per heavy atom. The van der Waals surface area contributed by atoms with Gasteiger partial charge in [0, 0.05) is 23.8 Å². The van der Waals surface area contributed by atoms with E-state index in [0.29, 0.717) is 17.8 Å². The summed E-state index contributed by atoms with van der Waals surface area (Å²) in [5, 5.41) is 10.3. The summed E-state index contributed by atoms with van der Waals surface area (Å²) >= 11 is 0. The van der Waals surface area contributed by atoms with Crippen molar-refractivity contribution in [2.75, 3.05) is 11.9 Å². The molecule has 0 radical (unpaired) electrons. The fraction of sp³-hybridized carbons (Fsp3) is 0.370. The van der Waals surface area contributed by atoms with Gasteiger partial charge in [0.1, 0.15) is 6.54 Å². The van der Waals surface area contributed by atoms with Crippen LogP contribution in [0.25, 0.3) is 16.7 Å². The summed E-state index contributed by atoms with van der Waals surface area (Å²) in [4.78, 5) is 52.2. The van der Waals surface area contributed by atoms with Crippen molar-refractivity contribution in [2.24, 2.45) is 5.92 Å². The highest BCUT2D eigenvalue weighted by Crippen LogP contribution is 2.17. The average molecular weight is 505 g/mol. The first-order valence-corrected chi connectivity index (χ1v) is 12.5. The second-order valence-corrected chi connectivity index (χ2v) is 9.78. The lowest BCUT2D eigenvalue weighted by molar-refractivity contribution is -0.117. The van der Waals surface area contributed by atoms with E-state index in [4.69, 9.17) is 0 Å². The topological polar surface area (TPSA) is 120 Å². The first-order valence-electron chi connectivity index (χ1n) is 12.5. The van der Waals surface area contributed by atoms with Gasteiger partial charge < -0.3 is 10.6 Å². The zero-order valence-electron chi connectivity index (χ0n) is 21.7. The van der Waals surface area contributed by atoms with E-state index < -0.39 is 11.6 Å². The molecule has 4 aromatic rings. The molecule has 4 rings (SSSR count). The Morgan fingerprint density at radius 1 is 1.00 bits per heavy atom. The van der Waals surface area contributed by atoms with Crippen molar-refractivity contribution in [2.45, 2.75) is 53.6 Å². The lowest BCUT2D eigenvalue weighted by Gasteiger charge is -2.13. The Labute approximate surface area is 213 Å². The van der Waals surface area contributed by atoms with Crippen LogP contribution >= 0.6 is 0 Å². The number of nitrogens with one attached hydrogen (secondary N) is 2. The Hall–Kier alpha value is -4.21. The summed E-state index contributed by atoms with van der Waals surface area (Å²) in [6.45, 7) is 9.82. The van der Waals surface area contributed by atoms with Gasteiger partial charge >= 0.3 is 5.69 Å². The minimum Gasteiger partial charge on any atom is -0.352 e. The maximum atomic E-state index is 13.5. The van der Waals surface area contributed by atoms with E-state index in [-0.39, 0.29) is 46.7 Å². The summed E-state index contributed by atoms with van der Waals surface area (Å²) in [6, 6.07) is 11.8. The van der Waals surface area contributed by atoms with Gasteiger partial charge in [-0.1, -0.05) is 32.9 Å². The second-order valence-electron chi connectivity index (χ2n) is 9.78. The lowest BCUT2D eigenvalue weighted by atomic mass is 10.1. The Balaban J connectivity index is 1.78. The third-order valence-corrected chi connectivity index (χ3v) is 6.11. The van der Waals surface area contributed by atoms with Crippen molar-refractivity contribution >= 4 is 34.2 Å². The molecule has 0 bridgehead atoms. The van der Waals surface area contributed by atoms with E-state index in [1.165, 1.54) is 15.0 Å². The molecule has 0 saturated carbocycles. The Morgan fingerprint density at radius 3 is 2.32 bits per heavy atom. The van der Waals surface area contributed by atoms with Crippen LogP contribution in [-0.4, -0.2) is 37.1 Å². The first-order chi connectivity index (χ1) is 17.6. The van der Waals surface area contributed by atoms with Crippen molar-refractivity contribution in [3.8, 4) is 0 Å². The highest BCUT2D eigenvalue weighted by Gasteiger charge is 2.21. The molecule has 0 atom stereocenters. The standard InChI is InChI=1S/C27H32N6O4/c1-6-18-7-10-20(11-8-18)29-23(34)15-31-27(37)33-22-13-19(24(35)28-14-16(2)3)9-12-21(22)25(36)32(17(4)5)26(33)30-31/h7-13,16-17H,6,14-15H2,1-5H3,(H,28,35)(H,29,34). The van der Waals surface area contributed by atoms with Gasteiger partial charge in [0.05, 0.1) is 10.9 Å². The number of fused-ring (bicyclic) bond motifs is 3. The quantitative estimate of drug-likeness (QED) is 0.382. The second kappa shape index (κ2) is 10.4. The number of rotatable bonds is 8. The summed E-state index contributed by atoms with van der Waals surface area (Å²) < 4.78 is 3.74. The zero-order valence-corrected chi connectivity index (χ0v) is 21.7. The molecule has 2 aromatic carbocycles. The molecule has 10 heteroatoms. The van der Waals surface area contributed by atoms with E-state index >= 15 is 0 Å². The van der Waals surface area contributed by atoms with Crippen LogP contribution in [0.5, 0.6) is 0 Å². The molecule has 10 nitrogen and oxygen atoms in total. The number of aromatic nitrogens is 4. The third kappa shape index (κ3) is 5.18. The molecule has 2 amide bonds. The van der Waals surface area contributed by atoms with Crippen LogP contribution in [-0.2, 0) is 17.8 Å². The predicted molar refractivity (Wildman–Crippen MR) is 143 cm³/mol. The lowest BCUT2D eigenvalue weighted by Crippen LogP contribution is -2.30. The molecule has 0 spiro atoms. The van der Waals surface area contributed by atoms with Gasteiger partial charge in [0.25, 0.3) is 11.5 Å². The number of amides is 2. The van der Waals surface area contributed by atoms with E-state index in [9.17, 15) is 19.2 Å². The van der Waals surface area contributed by atoms with Gasteiger partial charge in [0.2, 0.25) is 11.7 Å². The molecule has 0 saturated heterocycles. The molecule has 37 heavy (non-hydrogen) atoms. The fourth-order valence-electron chi connectivity index (χ4n) is 4.15. The number of aryl methyl sites for hydroxylation is 1. The fourth-order valence-corrected chi connectivity index (χ4v) is 4.15. The minimum absolute atomic E-state index is 0.109. The molecule has 0 fully saturated rings. The highest BCUT2D eigenvalue weighted by atomic mass is 16.2. The first kappa shape index (κ1) is 25.9. The van der Waals surface area contributed by atoms with E-state index in [2.05, 4.69) is 15.7 Å². The largest absolute Gasteiger partial charge is 0.352 e. The van der Waals surface area contributed by atoms with E-state index in [0.717, 1.165) is 16.7 Å². The summed E-state index contributed by atoms with van der Waals surface area (Å²) in [7, 11) is 0. The van der Waals surface area contributed by atoms with Crippen molar-refractivity contribution in [1.29, 1.82) is 0 Å². The van der Waals surface area contributed by atoms with Crippen LogP contribution in [0.3, 0.4) is 0 Å². The predicted octanol–water partition coefficient (Wildman–Crippen LogP) is 2.98. The molecule has 0 aliphatic carbocycles. The van der Waals surface area contributed by atoms with Gasteiger partial charge in [-0.25, -0.2) is 13.9 Å².